The average Bonchev–Trinajstić information content (AvgIpc) is 2.96. The van der Waals surface area contributed by atoms with E-state index in [1.807, 2.05) is 30.3 Å². The SMILES string of the molecule is CN(C)c1cc(NC(=O)CNCc2ccccc2)c(O)c2c1CC1CC3[C@H](N(C)C)C(O)=C(C(N)=O)C(=O)[C@@]3(O)C(O)=C1C2=O. The van der Waals surface area contributed by atoms with Crippen molar-refractivity contribution in [1.82, 2.24) is 10.2 Å². The van der Waals surface area contributed by atoms with Gasteiger partial charge in [-0.05, 0) is 50.0 Å². The number of Topliss-reactive ketones (excluding diaryl/α,β-unsaturated/α-hetero) is 2. The third kappa shape index (κ3) is 5.12. The van der Waals surface area contributed by atoms with Crippen LogP contribution >= 0.6 is 0 Å². The van der Waals surface area contributed by atoms with Gasteiger partial charge < -0.3 is 41.7 Å². The largest absolute Gasteiger partial charge is 0.510 e. The van der Waals surface area contributed by atoms with Gasteiger partial charge in [-0.2, -0.15) is 0 Å². The summed E-state index contributed by atoms with van der Waals surface area (Å²) in [5, 5.41) is 51.3. The third-order valence-electron chi connectivity index (χ3n) is 8.91. The van der Waals surface area contributed by atoms with Crippen molar-refractivity contribution in [3.05, 3.63) is 75.8 Å². The average molecular weight is 620 g/mol. The number of fused-ring (bicyclic) bond motifs is 3. The Labute approximate surface area is 259 Å². The second-order valence-electron chi connectivity index (χ2n) is 12.1. The molecule has 2 aromatic rings. The van der Waals surface area contributed by atoms with Crippen LogP contribution in [0.1, 0.15) is 27.9 Å². The monoisotopic (exact) mass is 619 g/mol. The molecule has 0 heterocycles. The van der Waals surface area contributed by atoms with Crippen molar-refractivity contribution in [2.75, 3.05) is 45.0 Å². The Hall–Kier alpha value is -4.72. The van der Waals surface area contributed by atoms with Crippen molar-refractivity contribution >= 4 is 34.8 Å². The van der Waals surface area contributed by atoms with E-state index in [2.05, 4.69) is 10.6 Å². The van der Waals surface area contributed by atoms with Gasteiger partial charge in [0.25, 0.3) is 5.91 Å². The molecule has 2 aromatic carbocycles. The second-order valence-corrected chi connectivity index (χ2v) is 12.1. The van der Waals surface area contributed by atoms with Gasteiger partial charge in [-0.25, -0.2) is 0 Å². The summed E-state index contributed by atoms with van der Waals surface area (Å²) in [5.74, 6) is -7.84. The van der Waals surface area contributed by atoms with Gasteiger partial charge in [-0.1, -0.05) is 30.3 Å². The summed E-state index contributed by atoms with van der Waals surface area (Å²) < 4.78 is 0. The molecule has 2 amide bonds. The molecular weight excluding hydrogens is 582 g/mol. The number of nitrogens with zero attached hydrogens (tertiary/aromatic N) is 2. The highest BCUT2D eigenvalue weighted by Gasteiger charge is 2.63. The van der Waals surface area contributed by atoms with E-state index in [4.69, 9.17) is 5.73 Å². The highest BCUT2D eigenvalue weighted by Crippen LogP contribution is 2.53. The Morgan fingerprint density at radius 1 is 1.07 bits per heavy atom. The van der Waals surface area contributed by atoms with Gasteiger partial charge >= 0.3 is 0 Å². The number of hydrogen-bond acceptors (Lipinski definition) is 11. The number of nitrogens with one attached hydrogen (secondary N) is 2. The number of aliphatic hydroxyl groups is 3. The fraction of sp³-hybridized carbons (Fsp3) is 0.375. The third-order valence-corrected chi connectivity index (χ3v) is 8.91. The minimum Gasteiger partial charge on any atom is -0.510 e. The number of aliphatic hydroxyl groups excluding tert-OH is 2. The highest BCUT2D eigenvalue weighted by molar-refractivity contribution is 6.25. The van der Waals surface area contributed by atoms with E-state index < -0.39 is 69.7 Å². The summed E-state index contributed by atoms with van der Waals surface area (Å²) >= 11 is 0. The van der Waals surface area contributed by atoms with Crippen molar-refractivity contribution in [2.45, 2.75) is 31.0 Å². The number of carbonyl (C=O) groups is 4. The van der Waals surface area contributed by atoms with Crippen molar-refractivity contribution in [3.8, 4) is 5.75 Å². The summed E-state index contributed by atoms with van der Waals surface area (Å²) in [6.45, 7) is 0.346. The topological polar surface area (TPSA) is 206 Å². The van der Waals surface area contributed by atoms with Gasteiger partial charge in [-0.15, -0.1) is 0 Å². The molecule has 0 fully saturated rings. The number of nitrogens with two attached hydrogens (primary N) is 1. The van der Waals surface area contributed by atoms with Gasteiger partial charge in [0.15, 0.2) is 17.1 Å². The van der Waals surface area contributed by atoms with Crippen LogP contribution in [0.2, 0.25) is 0 Å². The fourth-order valence-electron chi connectivity index (χ4n) is 6.90. The Kier molecular flexibility index (Phi) is 8.21. The number of rotatable bonds is 8. The minimum atomic E-state index is -2.74. The molecule has 0 saturated carbocycles. The fourth-order valence-corrected chi connectivity index (χ4v) is 6.90. The predicted molar refractivity (Wildman–Crippen MR) is 165 cm³/mol. The lowest BCUT2D eigenvalue weighted by Gasteiger charge is -2.50. The molecule has 13 heteroatoms. The lowest BCUT2D eigenvalue weighted by Crippen LogP contribution is -2.63. The number of anilines is 2. The van der Waals surface area contributed by atoms with Crippen LogP contribution in [0, 0.1) is 11.8 Å². The van der Waals surface area contributed by atoms with Crippen LogP contribution < -0.4 is 21.3 Å². The molecule has 4 atom stereocenters. The van der Waals surface area contributed by atoms with Crippen LogP contribution in [-0.2, 0) is 27.3 Å². The molecule has 13 nitrogen and oxygen atoms in total. The molecule has 8 N–H and O–H groups in total. The number of phenolic OH excluding ortho intramolecular Hbond substituents is 1. The predicted octanol–water partition coefficient (Wildman–Crippen LogP) is 0.915. The maximum absolute atomic E-state index is 14.1. The number of likely N-dealkylation sites (N-methyl/N-ethyl adjacent to an activating group) is 1. The molecule has 0 saturated heterocycles. The number of phenols is 1. The molecular formula is C32H37N5O8. The van der Waals surface area contributed by atoms with Crippen LogP contribution in [0.3, 0.4) is 0 Å². The van der Waals surface area contributed by atoms with Gasteiger partial charge in [-0.3, -0.25) is 24.1 Å². The van der Waals surface area contributed by atoms with Crippen LogP contribution in [-0.4, -0.2) is 95.1 Å². The van der Waals surface area contributed by atoms with Crippen LogP contribution in [0.25, 0.3) is 0 Å². The van der Waals surface area contributed by atoms with Crippen LogP contribution in [0.4, 0.5) is 11.4 Å². The molecule has 5 rings (SSSR count). The summed E-state index contributed by atoms with van der Waals surface area (Å²) in [6.07, 6.45) is 0.105. The Balaban J connectivity index is 1.54. The van der Waals surface area contributed by atoms with E-state index >= 15 is 0 Å². The van der Waals surface area contributed by atoms with E-state index in [9.17, 15) is 39.6 Å². The van der Waals surface area contributed by atoms with Crippen LogP contribution in [0.5, 0.6) is 5.75 Å². The number of aromatic hydroxyl groups is 1. The zero-order valence-electron chi connectivity index (χ0n) is 25.4. The van der Waals surface area contributed by atoms with E-state index in [0.29, 0.717) is 17.8 Å². The lowest BCUT2D eigenvalue weighted by molar-refractivity contribution is -0.148. The first-order chi connectivity index (χ1) is 21.2. The maximum atomic E-state index is 14.1. The molecule has 0 radical (unpaired) electrons. The number of amides is 2. The smallest absolute Gasteiger partial charge is 0.255 e. The molecule has 3 aliphatic carbocycles. The molecule has 0 bridgehead atoms. The molecule has 0 aliphatic heterocycles. The first-order valence-corrected chi connectivity index (χ1v) is 14.5. The molecule has 2 unspecified atom stereocenters. The van der Waals surface area contributed by atoms with Gasteiger partial charge in [0.2, 0.25) is 11.7 Å². The summed E-state index contributed by atoms with van der Waals surface area (Å²) in [7, 11) is 6.62. The minimum absolute atomic E-state index is 0.0229. The first kappa shape index (κ1) is 31.7. The van der Waals surface area contributed by atoms with Crippen molar-refractivity contribution < 1.29 is 39.6 Å². The van der Waals surface area contributed by atoms with E-state index in [-0.39, 0.29) is 36.2 Å². The summed E-state index contributed by atoms with van der Waals surface area (Å²) in [5.41, 5.74) is 3.26. The number of allylic oxidation sites excluding steroid dienone is 1. The van der Waals surface area contributed by atoms with Gasteiger partial charge in [0.05, 0.1) is 23.8 Å². The standard InChI is InChI=1S/C32H37N5O8/c1-36(2)20-12-19(35-21(38)14-34-13-15-8-6-5-7-9-15)26(39)23-17(20)10-16-11-18-25(37(3)4)28(41)24(31(33)44)30(43)32(18,45)29(42)22(16)27(23)40/h5-9,12,16,18,25,34,39,41-42,45H,10-11,13-14H2,1-4H3,(H2,33,44)(H,35,38)/t16?,18?,25-,32-/m0/s1. The normalized spacial score (nSPS) is 24.3. The van der Waals surface area contributed by atoms with Crippen molar-refractivity contribution in [3.63, 3.8) is 0 Å². The Morgan fingerprint density at radius 3 is 2.33 bits per heavy atom. The number of hydrogen-bond donors (Lipinski definition) is 7. The Bertz CT molecular complexity index is 1670. The van der Waals surface area contributed by atoms with Gasteiger partial charge in [0, 0.05) is 37.8 Å². The number of ketones is 2. The van der Waals surface area contributed by atoms with Gasteiger partial charge in [0.1, 0.15) is 17.1 Å². The van der Waals surface area contributed by atoms with E-state index in [0.717, 1.165) is 5.56 Å². The van der Waals surface area contributed by atoms with Crippen molar-refractivity contribution in [2.24, 2.45) is 17.6 Å². The summed E-state index contributed by atoms with van der Waals surface area (Å²) in [4.78, 5) is 55.9. The zero-order valence-corrected chi connectivity index (χ0v) is 25.4. The first-order valence-electron chi connectivity index (χ1n) is 14.5. The second kappa shape index (κ2) is 11.7. The van der Waals surface area contributed by atoms with Crippen molar-refractivity contribution in [1.29, 1.82) is 0 Å². The maximum Gasteiger partial charge on any atom is 0.255 e. The quantitative estimate of drug-likeness (QED) is 0.163. The zero-order chi connectivity index (χ0) is 33.0. The van der Waals surface area contributed by atoms with Crippen LogP contribution in [0.15, 0.2) is 59.1 Å². The Morgan fingerprint density at radius 2 is 1.73 bits per heavy atom. The number of benzene rings is 2. The molecule has 45 heavy (non-hydrogen) atoms. The molecule has 0 aromatic heterocycles. The summed E-state index contributed by atoms with van der Waals surface area (Å²) in [6, 6.07) is 9.95. The lowest BCUT2D eigenvalue weighted by atomic mass is 9.58. The molecule has 3 aliphatic rings. The van der Waals surface area contributed by atoms with E-state index in [1.54, 1.807) is 39.2 Å². The highest BCUT2D eigenvalue weighted by atomic mass is 16.3. The van der Waals surface area contributed by atoms with E-state index in [1.165, 1.54) is 4.90 Å². The molecule has 238 valence electrons. The number of primary amides is 1. The molecule has 0 spiro atoms. The number of carbonyl (C=O) groups excluding carboxylic acids is 4.